The molecule has 25 heavy (non-hydrogen) atoms. The van der Waals surface area contributed by atoms with Crippen molar-refractivity contribution in [3.05, 3.63) is 59.8 Å². The Labute approximate surface area is 143 Å². The molecule has 126 valence electrons. The number of rotatable bonds is 3. The third-order valence-corrected chi connectivity index (χ3v) is 4.27. The van der Waals surface area contributed by atoms with E-state index < -0.39 is 0 Å². The number of anilines is 1. The first-order chi connectivity index (χ1) is 12.1. The van der Waals surface area contributed by atoms with Crippen LogP contribution in [0.5, 0.6) is 0 Å². The van der Waals surface area contributed by atoms with Crippen molar-refractivity contribution < 1.29 is 13.7 Å². The maximum atomic E-state index is 13.3. The molecule has 0 saturated carbocycles. The van der Waals surface area contributed by atoms with E-state index in [9.17, 15) is 9.18 Å². The third-order valence-electron chi connectivity index (χ3n) is 4.27. The molecule has 0 N–H and O–H groups in total. The van der Waals surface area contributed by atoms with Gasteiger partial charge in [-0.3, -0.25) is 9.78 Å². The number of aromatic nitrogens is 3. The minimum absolute atomic E-state index is 0.0381. The zero-order valence-corrected chi connectivity index (χ0v) is 13.5. The van der Waals surface area contributed by atoms with Crippen molar-refractivity contribution in [1.82, 2.24) is 15.1 Å². The molecule has 4 rings (SSSR count). The van der Waals surface area contributed by atoms with Gasteiger partial charge < -0.3 is 9.42 Å². The molecule has 6 nitrogen and oxygen atoms in total. The first-order valence-electron chi connectivity index (χ1n) is 7.93. The fourth-order valence-electron chi connectivity index (χ4n) is 3.03. The molecule has 0 aliphatic carbocycles. The highest BCUT2D eigenvalue weighted by Crippen LogP contribution is 2.33. The van der Waals surface area contributed by atoms with E-state index in [1.165, 1.54) is 12.1 Å². The van der Waals surface area contributed by atoms with E-state index in [-0.39, 0.29) is 24.1 Å². The van der Waals surface area contributed by atoms with Gasteiger partial charge in [0.05, 0.1) is 0 Å². The number of hydrogen-bond donors (Lipinski definition) is 0. The van der Waals surface area contributed by atoms with Crippen LogP contribution in [0.2, 0.25) is 0 Å². The molecule has 7 heteroatoms. The van der Waals surface area contributed by atoms with Gasteiger partial charge in [0.1, 0.15) is 11.5 Å². The van der Waals surface area contributed by atoms with Crippen molar-refractivity contribution in [2.45, 2.75) is 19.3 Å². The maximum Gasteiger partial charge on any atom is 0.276 e. The fourth-order valence-corrected chi connectivity index (χ4v) is 3.03. The zero-order valence-electron chi connectivity index (χ0n) is 13.5. The summed E-state index contributed by atoms with van der Waals surface area (Å²) in [6, 6.07) is 9.83. The number of hydrogen-bond acceptors (Lipinski definition) is 5. The van der Waals surface area contributed by atoms with Gasteiger partial charge in [0.2, 0.25) is 5.91 Å². The Bertz CT molecular complexity index is 926. The number of benzene rings is 1. The van der Waals surface area contributed by atoms with Crippen molar-refractivity contribution in [3.63, 3.8) is 0 Å². The zero-order chi connectivity index (χ0) is 17.4. The Morgan fingerprint density at radius 1 is 1.28 bits per heavy atom. The molecular formula is C18H15FN4O2. The van der Waals surface area contributed by atoms with Crippen molar-refractivity contribution in [2.24, 2.45) is 0 Å². The Morgan fingerprint density at radius 3 is 2.92 bits per heavy atom. The van der Waals surface area contributed by atoms with Gasteiger partial charge in [-0.25, -0.2) is 4.39 Å². The summed E-state index contributed by atoms with van der Waals surface area (Å²) >= 11 is 0. The minimum atomic E-state index is -0.317. The van der Waals surface area contributed by atoms with Crippen molar-refractivity contribution in [1.29, 1.82) is 0 Å². The highest BCUT2D eigenvalue weighted by molar-refractivity contribution is 5.97. The lowest BCUT2D eigenvalue weighted by Crippen LogP contribution is -2.25. The minimum Gasteiger partial charge on any atom is -0.332 e. The largest absolute Gasteiger partial charge is 0.332 e. The molecule has 1 saturated heterocycles. The number of carbonyl (C=O) groups is 1. The van der Waals surface area contributed by atoms with Crippen molar-refractivity contribution in [3.8, 4) is 11.6 Å². The van der Waals surface area contributed by atoms with Crippen LogP contribution in [-0.2, 0) is 4.79 Å². The predicted octanol–water partition coefficient (Wildman–Crippen LogP) is 3.10. The van der Waals surface area contributed by atoms with E-state index in [2.05, 4.69) is 15.1 Å². The molecule has 2 aromatic heterocycles. The van der Waals surface area contributed by atoms with Crippen LogP contribution in [0.3, 0.4) is 0 Å². The van der Waals surface area contributed by atoms with Gasteiger partial charge in [0.25, 0.3) is 5.89 Å². The highest BCUT2D eigenvalue weighted by atomic mass is 19.1. The number of aryl methyl sites for hydroxylation is 1. The first-order valence-corrected chi connectivity index (χ1v) is 7.93. The summed E-state index contributed by atoms with van der Waals surface area (Å²) in [4.78, 5) is 22.6. The highest BCUT2D eigenvalue weighted by Gasteiger charge is 2.35. The summed E-state index contributed by atoms with van der Waals surface area (Å²) in [6.45, 7) is 2.22. The summed E-state index contributed by atoms with van der Waals surface area (Å²) in [5.74, 6) is 0.292. The molecule has 1 aliphatic rings. The maximum absolute atomic E-state index is 13.3. The smallest absolute Gasteiger partial charge is 0.276 e. The van der Waals surface area contributed by atoms with Gasteiger partial charge in [-0.05, 0) is 42.8 Å². The van der Waals surface area contributed by atoms with Crippen LogP contribution < -0.4 is 4.90 Å². The Kier molecular flexibility index (Phi) is 3.76. The van der Waals surface area contributed by atoms with Gasteiger partial charge in [-0.1, -0.05) is 11.2 Å². The molecule has 1 amide bonds. The quantitative estimate of drug-likeness (QED) is 0.734. The molecule has 1 atom stereocenters. The van der Waals surface area contributed by atoms with Gasteiger partial charge >= 0.3 is 0 Å². The van der Waals surface area contributed by atoms with Crippen LogP contribution in [0.15, 0.2) is 47.1 Å². The van der Waals surface area contributed by atoms with Crippen LogP contribution in [0.4, 0.5) is 10.1 Å². The summed E-state index contributed by atoms with van der Waals surface area (Å²) in [6.07, 6.45) is 1.94. The van der Waals surface area contributed by atoms with Crippen LogP contribution in [0.25, 0.3) is 11.6 Å². The van der Waals surface area contributed by atoms with E-state index in [0.717, 1.165) is 5.56 Å². The van der Waals surface area contributed by atoms with Crippen molar-refractivity contribution in [2.75, 3.05) is 11.4 Å². The standard InChI is InChI=1S/C18H15FN4O2/c1-11-8-13(19)5-6-15(11)23-10-12(9-16(23)24)17-21-18(25-22-17)14-4-2-3-7-20-14/h2-8,12H,9-10H2,1H3. The van der Waals surface area contributed by atoms with E-state index in [0.29, 0.717) is 29.6 Å². The molecule has 3 aromatic rings. The average molecular weight is 338 g/mol. The molecule has 1 fully saturated rings. The number of carbonyl (C=O) groups excluding carboxylic acids is 1. The fraction of sp³-hybridized carbons (Fsp3) is 0.222. The van der Waals surface area contributed by atoms with E-state index in [1.54, 1.807) is 36.2 Å². The van der Waals surface area contributed by atoms with Gasteiger partial charge in [-0.15, -0.1) is 0 Å². The second-order valence-corrected chi connectivity index (χ2v) is 6.01. The second-order valence-electron chi connectivity index (χ2n) is 6.01. The lowest BCUT2D eigenvalue weighted by Gasteiger charge is -2.18. The number of pyridine rings is 1. The van der Waals surface area contributed by atoms with E-state index >= 15 is 0 Å². The molecule has 0 bridgehead atoms. The number of nitrogens with zero attached hydrogens (tertiary/aromatic N) is 4. The Balaban J connectivity index is 1.57. The summed E-state index contributed by atoms with van der Waals surface area (Å²) in [5, 5.41) is 4.01. The normalized spacial score (nSPS) is 17.3. The second kappa shape index (κ2) is 6.08. The SMILES string of the molecule is Cc1cc(F)ccc1N1CC(c2noc(-c3ccccn3)n2)CC1=O. The van der Waals surface area contributed by atoms with Gasteiger partial charge in [0.15, 0.2) is 5.82 Å². The number of amides is 1. The van der Waals surface area contributed by atoms with Crippen LogP contribution >= 0.6 is 0 Å². The first kappa shape index (κ1) is 15.4. The van der Waals surface area contributed by atoms with Gasteiger partial charge in [0, 0.05) is 30.8 Å². The van der Waals surface area contributed by atoms with E-state index in [4.69, 9.17) is 4.52 Å². The molecule has 3 heterocycles. The average Bonchev–Trinajstić information content (AvgIpc) is 3.23. The topological polar surface area (TPSA) is 72.1 Å². The Morgan fingerprint density at radius 2 is 2.16 bits per heavy atom. The molecule has 0 radical (unpaired) electrons. The molecule has 0 spiro atoms. The third kappa shape index (κ3) is 2.88. The van der Waals surface area contributed by atoms with Gasteiger partial charge in [-0.2, -0.15) is 4.98 Å². The monoisotopic (exact) mass is 338 g/mol. The molecular weight excluding hydrogens is 323 g/mol. The molecule has 1 aromatic carbocycles. The Hall–Kier alpha value is -3.09. The lowest BCUT2D eigenvalue weighted by molar-refractivity contribution is -0.117. The van der Waals surface area contributed by atoms with E-state index in [1.807, 2.05) is 6.07 Å². The molecule has 1 aliphatic heterocycles. The summed E-state index contributed by atoms with van der Waals surface area (Å²) in [7, 11) is 0. The predicted molar refractivity (Wildman–Crippen MR) is 88.4 cm³/mol. The lowest BCUT2D eigenvalue weighted by atomic mass is 10.1. The van der Waals surface area contributed by atoms with Crippen LogP contribution in [0, 0.1) is 12.7 Å². The van der Waals surface area contributed by atoms with Crippen LogP contribution in [-0.4, -0.2) is 27.6 Å². The molecule has 1 unspecified atom stereocenters. The summed E-state index contributed by atoms with van der Waals surface area (Å²) in [5.41, 5.74) is 2.02. The summed E-state index contributed by atoms with van der Waals surface area (Å²) < 4.78 is 18.6. The van der Waals surface area contributed by atoms with Crippen LogP contribution in [0.1, 0.15) is 23.7 Å². The number of halogens is 1. The van der Waals surface area contributed by atoms with Crippen molar-refractivity contribution >= 4 is 11.6 Å².